The Kier molecular flexibility index (Phi) is 3.42. The topological polar surface area (TPSA) is 70.0 Å². The molecule has 1 aromatic carbocycles. The number of nitriles is 1. The highest BCUT2D eigenvalue weighted by Gasteiger charge is 2.37. The first-order chi connectivity index (χ1) is 8.44. The summed E-state index contributed by atoms with van der Waals surface area (Å²) in [5.74, 6) is -0.132. The van der Waals surface area contributed by atoms with Gasteiger partial charge in [-0.25, -0.2) is 13.1 Å². The van der Waals surface area contributed by atoms with Crippen LogP contribution in [0.3, 0.4) is 0 Å². The largest absolute Gasteiger partial charge is 0.215 e. The molecular formula is C13H16N2O2S. The average molecular weight is 264 g/mol. The Morgan fingerprint density at radius 3 is 2.67 bits per heavy atom. The highest BCUT2D eigenvalue weighted by atomic mass is 32.2. The Labute approximate surface area is 108 Å². The zero-order valence-corrected chi connectivity index (χ0v) is 11.1. The van der Waals surface area contributed by atoms with Crippen molar-refractivity contribution in [2.24, 2.45) is 5.41 Å². The Morgan fingerprint density at radius 1 is 1.39 bits per heavy atom. The van der Waals surface area contributed by atoms with Crippen molar-refractivity contribution in [3.8, 4) is 6.07 Å². The molecule has 0 spiro atoms. The van der Waals surface area contributed by atoms with Crippen LogP contribution in [0.4, 0.5) is 0 Å². The second kappa shape index (κ2) is 4.71. The quantitative estimate of drug-likeness (QED) is 0.881. The van der Waals surface area contributed by atoms with E-state index in [1.54, 1.807) is 24.3 Å². The SMILES string of the molecule is CC1(CNS(=O)(=O)Cc2ccccc2C#N)CC1. The van der Waals surface area contributed by atoms with Gasteiger partial charge in [-0.1, -0.05) is 25.1 Å². The zero-order chi connectivity index (χ0) is 13.2. The Hall–Kier alpha value is -1.38. The van der Waals surface area contributed by atoms with E-state index in [9.17, 15) is 8.42 Å². The molecule has 0 radical (unpaired) electrons. The summed E-state index contributed by atoms with van der Waals surface area (Å²) in [5, 5.41) is 8.92. The summed E-state index contributed by atoms with van der Waals surface area (Å²) in [5.41, 5.74) is 1.11. The van der Waals surface area contributed by atoms with Crippen LogP contribution in [0.15, 0.2) is 24.3 Å². The van der Waals surface area contributed by atoms with Gasteiger partial charge in [-0.15, -0.1) is 0 Å². The van der Waals surface area contributed by atoms with Crippen LogP contribution in [0.1, 0.15) is 30.9 Å². The van der Waals surface area contributed by atoms with Crippen molar-refractivity contribution in [2.45, 2.75) is 25.5 Å². The molecule has 0 bridgehead atoms. The Balaban J connectivity index is 2.05. The predicted octanol–water partition coefficient (Wildman–Crippen LogP) is 1.78. The molecule has 1 saturated carbocycles. The van der Waals surface area contributed by atoms with Crippen LogP contribution in [0.2, 0.25) is 0 Å². The van der Waals surface area contributed by atoms with E-state index in [-0.39, 0.29) is 11.2 Å². The molecule has 96 valence electrons. The van der Waals surface area contributed by atoms with Crippen molar-refractivity contribution < 1.29 is 8.42 Å². The van der Waals surface area contributed by atoms with Gasteiger partial charge in [0.1, 0.15) is 0 Å². The fourth-order valence-electron chi connectivity index (χ4n) is 1.69. The number of nitrogens with zero attached hydrogens (tertiary/aromatic N) is 1. The van der Waals surface area contributed by atoms with Crippen molar-refractivity contribution in [3.63, 3.8) is 0 Å². The Morgan fingerprint density at radius 2 is 2.06 bits per heavy atom. The van der Waals surface area contributed by atoms with E-state index < -0.39 is 10.0 Å². The van der Waals surface area contributed by atoms with Crippen molar-refractivity contribution in [1.29, 1.82) is 5.26 Å². The van der Waals surface area contributed by atoms with Crippen LogP contribution in [0, 0.1) is 16.7 Å². The maximum absolute atomic E-state index is 11.9. The minimum absolute atomic E-state index is 0.132. The second-order valence-corrected chi connectivity index (χ2v) is 6.97. The lowest BCUT2D eigenvalue weighted by molar-refractivity contribution is 0.530. The van der Waals surface area contributed by atoms with Crippen LogP contribution in [0.25, 0.3) is 0 Å². The van der Waals surface area contributed by atoms with Crippen molar-refractivity contribution in [2.75, 3.05) is 6.54 Å². The molecular weight excluding hydrogens is 248 g/mol. The number of hydrogen-bond acceptors (Lipinski definition) is 3. The van der Waals surface area contributed by atoms with Crippen LogP contribution >= 0.6 is 0 Å². The van der Waals surface area contributed by atoms with Gasteiger partial charge in [0.15, 0.2) is 0 Å². The van der Waals surface area contributed by atoms with Gasteiger partial charge in [0, 0.05) is 6.54 Å². The number of sulfonamides is 1. The van der Waals surface area contributed by atoms with Crippen molar-refractivity contribution in [1.82, 2.24) is 4.72 Å². The van der Waals surface area contributed by atoms with E-state index in [1.165, 1.54) is 0 Å². The summed E-state index contributed by atoms with van der Waals surface area (Å²) in [7, 11) is -3.36. The van der Waals surface area contributed by atoms with Crippen LogP contribution in [-0.4, -0.2) is 15.0 Å². The smallest absolute Gasteiger partial charge is 0.214 e. The predicted molar refractivity (Wildman–Crippen MR) is 69.1 cm³/mol. The standard InChI is InChI=1S/C13H16N2O2S/c1-13(6-7-13)10-15-18(16,17)9-12-5-3-2-4-11(12)8-14/h2-5,15H,6-7,9-10H2,1H3. The highest BCUT2D eigenvalue weighted by molar-refractivity contribution is 7.88. The van der Waals surface area contributed by atoms with Gasteiger partial charge < -0.3 is 0 Å². The van der Waals surface area contributed by atoms with Crippen molar-refractivity contribution >= 4 is 10.0 Å². The molecule has 0 atom stereocenters. The highest BCUT2D eigenvalue weighted by Crippen LogP contribution is 2.44. The molecule has 0 heterocycles. The van der Waals surface area contributed by atoms with Gasteiger partial charge in [0.25, 0.3) is 0 Å². The van der Waals surface area contributed by atoms with Gasteiger partial charge >= 0.3 is 0 Å². The van der Waals surface area contributed by atoms with Gasteiger partial charge in [-0.2, -0.15) is 5.26 Å². The number of hydrogen-bond donors (Lipinski definition) is 1. The maximum atomic E-state index is 11.9. The number of benzene rings is 1. The zero-order valence-electron chi connectivity index (χ0n) is 10.3. The lowest BCUT2D eigenvalue weighted by Gasteiger charge is -2.11. The minimum Gasteiger partial charge on any atom is -0.214 e. The summed E-state index contributed by atoms with van der Waals surface area (Å²) < 4.78 is 26.5. The summed E-state index contributed by atoms with van der Waals surface area (Å²) in [6, 6.07) is 8.79. The molecule has 0 aromatic heterocycles. The van der Waals surface area contributed by atoms with E-state index in [0.717, 1.165) is 12.8 Å². The lowest BCUT2D eigenvalue weighted by Crippen LogP contribution is -2.30. The minimum atomic E-state index is -3.36. The molecule has 4 nitrogen and oxygen atoms in total. The molecule has 0 aliphatic heterocycles. The maximum Gasteiger partial charge on any atom is 0.215 e. The van der Waals surface area contributed by atoms with Gasteiger partial charge in [-0.05, 0) is 29.9 Å². The summed E-state index contributed by atoms with van der Waals surface area (Å²) in [6.07, 6.45) is 2.15. The first-order valence-corrected chi connectivity index (χ1v) is 7.55. The molecule has 0 unspecified atom stereocenters. The normalized spacial score (nSPS) is 17.1. The van der Waals surface area contributed by atoms with Crippen LogP contribution in [-0.2, 0) is 15.8 Å². The van der Waals surface area contributed by atoms with Gasteiger partial charge in [-0.3, -0.25) is 0 Å². The first kappa shape index (κ1) is 13.1. The van der Waals surface area contributed by atoms with E-state index in [2.05, 4.69) is 11.6 Å². The lowest BCUT2D eigenvalue weighted by atomic mass is 10.1. The van der Waals surface area contributed by atoms with E-state index >= 15 is 0 Å². The first-order valence-electron chi connectivity index (χ1n) is 5.89. The van der Waals surface area contributed by atoms with Crippen LogP contribution < -0.4 is 4.72 Å². The third-order valence-corrected chi connectivity index (χ3v) is 4.58. The second-order valence-electron chi connectivity index (χ2n) is 5.16. The fraction of sp³-hybridized carbons (Fsp3) is 0.462. The number of nitrogens with one attached hydrogen (secondary N) is 1. The monoisotopic (exact) mass is 264 g/mol. The molecule has 1 fully saturated rings. The average Bonchev–Trinajstić information content (AvgIpc) is 3.06. The molecule has 2 rings (SSSR count). The molecule has 1 aromatic rings. The van der Waals surface area contributed by atoms with Crippen LogP contribution in [0.5, 0.6) is 0 Å². The fourth-order valence-corrected chi connectivity index (χ4v) is 3.02. The van der Waals surface area contributed by atoms with E-state index in [0.29, 0.717) is 17.7 Å². The van der Waals surface area contributed by atoms with Gasteiger partial charge in [0.05, 0.1) is 17.4 Å². The van der Waals surface area contributed by atoms with E-state index in [1.807, 2.05) is 6.07 Å². The van der Waals surface area contributed by atoms with E-state index in [4.69, 9.17) is 5.26 Å². The van der Waals surface area contributed by atoms with Crippen molar-refractivity contribution in [3.05, 3.63) is 35.4 Å². The molecule has 5 heteroatoms. The summed E-state index contributed by atoms with van der Waals surface area (Å²) >= 11 is 0. The summed E-state index contributed by atoms with van der Waals surface area (Å²) in [4.78, 5) is 0. The molecule has 1 aliphatic carbocycles. The molecule has 1 N–H and O–H groups in total. The molecule has 1 aliphatic rings. The molecule has 0 saturated heterocycles. The molecule has 18 heavy (non-hydrogen) atoms. The third kappa shape index (κ3) is 3.31. The Bertz CT molecular complexity index is 583. The molecule has 0 amide bonds. The third-order valence-electron chi connectivity index (χ3n) is 3.31. The van der Waals surface area contributed by atoms with Gasteiger partial charge in [0.2, 0.25) is 10.0 Å². The summed E-state index contributed by atoms with van der Waals surface area (Å²) in [6.45, 7) is 2.56. The number of rotatable bonds is 5.